The number of oxazole rings is 2. The lowest BCUT2D eigenvalue weighted by molar-refractivity contribution is -0.904. The average Bonchev–Trinajstić information content (AvgIpc) is 4.10. The number of ether oxygens (including phenoxy) is 2. The second kappa shape index (κ2) is 28.0. The van der Waals surface area contributed by atoms with Gasteiger partial charge in [-0.2, -0.15) is 0 Å². The zero-order valence-electron chi connectivity index (χ0n) is 44.3. The largest absolute Gasteiger partial charge is 0.550 e. The molecular formula is C60H78N4O11. The standard InChI is InChI=1S/2C28H37N2O3.C4H6O5/c2*1-30(2,19-12-20-32-25-17-10-5-11-18-25)22-26-21-29-27(33-26)28(31,23-13-6-3-7-14-23)24-15-8-4-9-16-24;5-2(4(8)9)1-3(6)7/h2*3,5-7,10-11,13-14,17-18,21,24,31H,4,8-9,12,15-16,19-20,22H2,1-2H3;2,5H,1H2,(H,6,7)(H,8,9)/q2*+1;/p-2/t2*28-;/m00./s1. The van der Waals surface area contributed by atoms with Gasteiger partial charge < -0.3 is 62.4 Å². The molecule has 1 unspecified atom stereocenters. The fourth-order valence-corrected chi connectivity index (χ4v) is 10.2. The number of rotatable bonds is 23. The minimum absolute atomic E-state index is 0.123. The summed E-state index contributed by atoms with van der Waals surface area (Å²) in [5.41, 5.74) is -0.615. The SMILES string of the molecule is C[N+](C)(CCCOc1ccccc1)Cc1cnc([C@](O)(c2ccccc2)C2CCCCC2)o1.C[N+](C)(CCCOc1ccccc1)Cc1cnc([C@](O)(c2ccccc2)C2CCCCC2)o1.O=C([O-])CC(O)C(=O)[O-]. The number of quaternary nitrogens is 2. The number of carboxylic acid groups (broad SMARTS) is 2. The summed E-state index contributed by atoms with van der Waals surface area (Å²) >= 11 is 0. The minimum Gasteiger partial charge on any atom is -0.550 e. The number of aliphatic hydroxyl groups excluding tert-OH is 1. The monoisotopic (exact) mass is 1030 g/mol. The molecular weight excluding hydrogens is 953 g/mol. The van der Waals surface area contributed by atoms with E-state index in [1.807, 2.05) is 121 Å². The number of aliphatic hydroxyl groups is 3. The van der Waals surface area contributed by atoms with Crippen molar-refractivity contribution in [2.75, 3.05) is 54.5 Å². The van der Waals surface area contributed by atoms with Crippen LogP contribution in [0.5, 0.6) is 11.5 Å². The summed E-state index contributed by atoms with van der Waals surface area (Å²) in [7, 11) is 8.76. The predicted molar refractivity (Wildman–Crippen MR) is 280 cm³/mol. The van der Waals surface area contributed by atoms with Gasteiger partial charge in [0.05, 0.1) is 79.0 Å². The van der Waals surface area contributed by atoms with Gasteiger partial charge in [0, 0.05) is 37.1 Å². The number of aliphatic carboxylic acids is 2. The fraction of sp³-hybridized carbons (Fsp3) is 0.467. The first kappa shape index (κ1) is 57.9. The number of carbonyl (C=O) groups excluding carboxylic acids is 2. The first-order chi connectivity index (χ1) is 36.0. The number of hydrogen-bond acceptors (Lipinski definition) is 13. The van der Waals surface area contributed by atoms with Gasteiger partial charge in [-0.3, -0.25) is 0 Å². The maximum Gasteiger partial charge on any atom is 0.231 e. The molecule has 0 spiro atoms. The number of carboxylic acids is 2. The quantitative estimate of drug-likeness (QED) is 0.0425. The van der Waals surface area contributed by atoms with Crippen molar-refractivity contribution in [2.45, 2.75) is 114 Å². The number of benzene rings is 4. The van der Waals surface area contributed by atoms with Gasteiger partial charge in [-0.25, -0.2) is 9.97 Å². The van der Waals surface area contributed by atoms with Crippen molar-refractivity contribution in [3.8, 4) is 11.5 Å². The summed E-state index contributed by atoms with van der Waals surface area (Å²) < 4.78 is 25.7. The molecule has 15 heteroatoms. The van der Waals surface area contributed by atoms with Gasteiger partial charge in [-0.1, -0.05) is 136 Å². The molecule has 4 aromatic carbocycles. The maximum absolute atomic E-state index is 12.0. The molecule has 2 aliphatic carbocycles. The summed E-state index contributed by atoms with van der Waals surface area (Å²) in [5.74, 6) is 1.12. The molecule has 404 valence electrons. The highest BCUT2D eigenvalue weighted by atomic mass is 16.5. The van der Waals surface area contributed by atoms with Crippen LogP contribution in [0, 0.1) is 11.8 Å². The van der Waals surface area contributed by atoms with Crippen molar-refractivity contribution in [3.63, 3.8) is 0 Å². The Morgan fingerprint density at radius 3 is 1.25 bits per heavy atom. The molecule has 0 amide bonds. The predicted octanol–water partition coefficient (Wildman–Crippen LogP) is 7.31. The van der Waals surface area contributed by atoms with Crippen LogP contribution >= 0.6 is 0 Å². The normalized spacial score (nSPS) is 16.4. The van der Waals surface area contributed by atoms with Crippen molar-refractivity contribution >= 4 is 11.9 Å². The number of nitrogens with zero attached hydrogens (tertiary/aromatic N) is 4. The fourth-order valence-electron chi connectivity index (χ4n) is 10.2. The van der Waals surface area contributed by atoms with Crippen molar-refractivity contribution < 1.29 is 62.4 Å². The first-order valence-electron chi connectivity index (χ1n) is 26.5. The van der Waals surface area contributed by atoms with Gasteiger partial charge >= 0.3 is 0 Å². The van der Waals surface area contributed by atoms with Crippen LogP contribution in [0.4, 0.5) is 0 Å². The van der Waals surface area contributed by atoms with Crippen molar-refractivity contribution in [1.29, 1.82) is 0 Å². The molecule has 2 fully saturated rings. The Kier molecular flexibility index (Phi) is 21.6. The average molecular weight is 1030 g/mol. The molecule has 0 aliphatic heterocycles. The Morgan fingerprint density at radius 2 is 0.933 bits per heavy atom. The minimum atomic E-state index is -1.96. The lowest BCUT2D eigenvalue weighted by Crippen LogP contribution is -2.40. The van der Waals surface area contributed by atoms with Gasteiger partial charge in [-0.05, 0) is 61.1 Å². The highest BCUT2D eigenvalue weighted by Crippen LogP contribution is 2.45. The van der Waals surface area contributed by atoms with Crippen LogP contribution in [0.1, 0.15) is 118 Å². The third kappa shape index (κ3) is 17.3. The van der Waals surface area contributed by atoms with E-state index in [-0.39, 0.29) is 11.8 Å². The number of hydrogen-bond donors (Lipinski definition) is 3. The highest BCUT2D eigenvalue weighted by molar-refractivity contribution is 5.77. The molecule has 8 rings (SSSR count). The Balaban J connectivity index is 0.000000210. The molecule has 6 aromatic rings. The Hall–Kier alpha value is -6.36. The van der Waals surface area contributed by atoms with Gasteiger partial charge in [0.1, 0.15) is 24.6 Å². The molecule has 3 N–H and O–H groups in total. The van der Waals surface area contributed by atoms with Gasteiger partial charge in [-0.15, -0.1) is 0 Å². The van der Waals surface area contributed by atoms with E-state index in [9.17, 15) is 30.0 Å². The van der Waals surface area contributed by atoms with Crippen molar-refractivity contribution in [2.24, 2.45) is 11.8 Å². The summed E-state index contributed by atoms with van der Waals surface area (Å²) in [4.78, 5) is 28.4. The van der Waals surface area contributed by atoms with Crippen molar-refractivity contribution in [3.05, 3.63) is 168 Å². The van der Waals surface area contributed by atoms with Gasteiger partial charge in [0.15, 0.2) is 22.7 Å². The summed E-state index contributed by atoms with van der Waals surface area (Å²) in [6.45, 7) is 4.70. The van der Waals surface area contributed by atoms with E-state index in [0.717, 1.165) is 120 Å². The van der Waals surface area contributed by atoms with E-state index < -0.39 is 35.7 Å². The molecule has 2 saturated carbocycles. The van der Waals surface area contributed by atoms with Crippen LogP contribution in [0.2, 0.25) is 0 Å². The van der Waals surface area contributed by atoms with E-state index in [2.05, 4.69) is 38.2 Å². The Morgan fingerprint density at radius 1 is 0.587 bits per heavy atom. The van der Waals surface area contributed by atoms with Crippen LogP contribution in [-0.4, -0.2) is 107 Å². The molecule has 75 heavy (non-hydrogen) atoms. The highest BCUT2D eigenvalue weighted by Gasteiger charge is 2.46. The van der Waals surface area contributed by atoms with Gasteiger partial charge in [0.25, 0.3) is 0 Å². The second-order valence-corrected chi connectivity index (χ2v) is 21.3. The van der Waals surface area contributed by atoms with E-state index in [0.29, 0.717) is 38.1 Å². The van der Waals surface area contributed by atoms with Crippen molar-refractivity contribution in [1.82, 2.24) is 9.97 Å². The summed E-state index contributed by atoms with van der Waals surface area (Å²) in [6.07, 6.45) is 13.6. The first-order valence-corrected chi connectivity index (χ1v) is 26.5. The summed E-state index contributed by atoms with van der Waals surface area (Å²) in [6, 6.07) is 39.7. The van der Waals surface area contributed by atoms with Crippen LogP contribution in [0.15, 0.2) is 143 Å². The lowest BCUT2D eigenvalue weighted by atomic mass is 9.73. The van der Waals surface area contributed by atoms with E-state index >= 15 is 0 Å². The number of carbonyl (C=O) groups is 2. The summed E-state index contributed by atoms with van der Waals surface area (Å²) in [5, 5.41) is 51.3. The van der Waals surface area contributed by atoms with E-state index in [4.69, 9.17) is 23.4 Å². The number of para-hydroxylation sites is 2. The Bertz CT molecular complexity index is 2420. The molecule has 3 atom stereocenters. The molecule has 0 radical (unpaired) electrons. The molecule has 2 aromatic heterocycles. The van der Waals surface area contributed by atoms with Crippen LogP contribution in [-0.2, 0) is 33.9 Å². The topological polar surface area (TPSA) is 211 Å². The maximum atomic E-state index is 12.0. The third-order valence-electron chi connectivity index (χ3n) is 14.2. The Labute approximate surface area is 442 Å². The molecule has 2 aliphatic rings. The lowest BCUT2D eigenvalue weighted by Gasteiger charge is -2.36. The zero-order chi connectivity index (χ0) is 53.7. The van der Waals surface area contributed by atoms with Crippen LogP contribution in [0.3, 0.4) is 0 Å². The molecule has 0 bridgehead atoms. The smallest absolute Gasteiger partial charge is 0.231 e. The van der Waals surface area contributed by atoms with Crippen LogP contribution < -0.4 is 19.7 Å². The third-order valence-corrected chi connectivity index (χ3v) is 14.2. The van der Waals surface area contributed by atoms with Gasteiger partial charge in [0.2, 0.25) is 11.8 Å². The molecule has 2 heterocycles. The van der Waals surface area contributed by atoms with E-state index in [1.54, 1.807) is 12.4 Å². The number of aromatic nitrogens is 2. The molecule has 0 saturated heterocycles. The second-order valence-electron chi connectivity index (χ2n) is 21.3. The van der Waals surface area contributed by atoms with Crippen LogP contribution in [0.25, 0.3) is 0 Å². The van der Waals surface area contributed by atoms with E-state index in [1.165, 1.54) is 12.8 Å². The molecule has 15 nitrogen and oxygen atoms in total. The zero-order valence-corrected chi connectivity index (χ0v) is 44.3.